The van der Waals surface area contributed by atoms with E-state index in [2.05, 4.69) is 39.4 Å². The van der Waals surface area contributed by atoms with E-state index in [4.69, 9.17) is 4.74 Å². The van der Waals surface area contributed by atoms with E-state index in [1.165, 1.54) is 0 Å². The van der Waals surface area contributed by atoms with Crippen LogP contribution in [0.1, 0.15) is 31.4 Å². The van der Waals surface area contributed by atoms with Gasteiger partial charge in [0, 0.05) is 32.2 Å². The molecule has 5 heteroatoms. The van der Waals surface area contributed by atoms with Crippen LogP contribution in [-0.4, -0.2) is 49.6 Å². The molecule has 148 valence electrons. The maximum Gasteiger partial charge on any atom is 0.242 e. The zero-order valence-corrected chi connectivity index (χ0v) is 16.5. The highest BCUT2D eigenvalue weighted by atomic mass is 16.5. The Kier molecular flexibility index (Phi) is 5.81. The van der Waals surface area contributed by atoms with Gasteiger partial charge in [-0.2, -0.15) is 0 Å². The van der Waals surface area contributed by atoms with E-state index in [0.717, 1.165) is 56.0 Å². The highest BCUT2D eigenvalue weighted by Crippen LogP contribution is 2.31. The number of rotatable bonds is 7. The minimum Gasteiger partial charge on any atom is -0.492 e. The Balaban J connectivity index is 1.48. The summed E-state index contributed by atoms with van der Waals surface area (Å²) < 4.78 is 5.80. The standard InChI is InChI=1S/C23H29N3O2/c1-2-28-21-11-7-6-10-20(21)25-14-16-26(17-15-25)22(18-8-4-3-5-9-18)23(27)24-19-12-13-19/h3-11,19,22H,2,12-17H2,1H3,(H,24,27)/t22-/m0/s1. The van der Waals surface area contributed by atoms with E-state index in [1.807, 2.05) is 37.3 Å². The van der Waals surface area contributed by atoms with E-state index in [9.17, 15) is 4.79 Å². The molecule has 5 nitrogen and oxygen atoms in total. The molecule has 0 unspecified atom stereocenters. The molecule has 0 aromatic heterocycles. The number of piperazine rings is 1. The van der Waals surface area contributed by atoms with Crippen molar-refractivity contribution in [3.05, 3.63) is 60.2 Å². The second-order valence-electron chi connectivity index (χ2n) is 7.52. The van der Waals surface area contributed by atoms with Gasteiger partial charge in [-0.15, -0.1) is 0 Å². The summed E-state index contributed by atoms with van der Waals surface area (Å²) in [5, 5.41) is 3.20. The Morgan fingerprint density at radius 1 is 1.04 bits per heavy atom. The van der Waals surface area contributed by atoms with Crippen LogP contribution in [0.3, 0.4) is 0 Å². The average molecular weight is 380 g/mol. The van der Waals surface area contributed by atoms with Gasteiger partial charge in [0.2, 0.25) is 5.91 Å². The molecule has 1 N–H and O–H groups in total. The molecule has 2 aliphatic rings. The fourth-order valence-electron chi connectivity index (χ4n) is 3.89. The number of carbonyl (C=O) groups excluding carboxylic acids is 1. The fourth-order valence-corrected chi connectivity index (χ4v) is 3.89. The summed E-state index contributed by atoms with van der Waals surface area (Å²) in [5.41, 5.74) is 2.21. The summed E-state index contributed by atoms with van der Waals surface area (Å²) in [4.78, 5) is 17.7. The second kappa shape index (κ2) is 8.65. The summed E-state index contributed by atoms with van der Waals surface area (Å²) in [5.74, 6) is 1.07. The summed E-state index contributed by atoms with van der Waals surface area (Å²) >= 11 is 0. The maximum absolute atomic E-state index is 13.0. The number of benzene rings is 2. The van der Waals surface area contributed by atoms with Crippen LogP contribution < -0.4 is 15.0 Å². The van der Waals surface area contributed by atoms with E-state index >= 15 is 0 Å². The molecule has 1 saturated carbocycles. The molecular weight excluding hydrogens is 350 g/mol. The van der Waals surface area contributed by atoms with Crippen LogP contribution in [-0.2, 0) is 4.79 Å². The zero-order chi connectivity index (χ0) is 19.3. The molecule has 1 saturated heterocycles. The van der Waals surface area contributed by atoms with Crippen molar-refractivity contribution in [2.75, 3.05) is 37.7 Å². The number of carbonyl (C=O) groups is 1. The predicted molar refractivity (Wildman–Crippen MR) is 112 cm³/mol. The number of nitrogens with zero attached hydrogens (tertiary/aromatic N) is 2. The number of anilines is 1. The molecule has 1 atom stereocenters. The normalized spacial score (nSPS) is 18.5. The molecule has 0 radical (unpaired) electrons. The molecule has 0 bridgehead atoms. The third-order valence-electron chi connectivity index (χ3n) is 5.47. The van der Waals surface area contributed by atoms with Crippen LogP contribution in [0.2, 0.25) is 0 Å². The third-order valence-corrected chi connectivity index (χ3v) is 5.47. The van der Waals surface area contributed by atoms with Crippen molar-refractivity contribution in [2.45, 2.75) is 31.8 Å². The predicted octanol–water partition coefficient (Wildman–Crippen LogP) is 3.23. The van der Waals surface area contributed by atoms with Crippen molar-refractivity contribution in [1.29, 1.82) is 0 Å². The van der Waals surface area contributed by atoms with Gasteiger partial charge in [-0.05, 0) is 37.5 Å². The number of nitrogens with one attached hydrogen (secondary N) is 1. The number of para-hydroxylation sites is 2. The van der Waals surface area contributed by atoms with Gasteiger partial charge in [-0.1, -0.05) is 42.5 Å². The van der Waals surface area contributed by atoms with Gasteiger partial charge >= 0.3 is 0 Å². The van der Waals surface area contributed by atoms with Gasteiger partial charge in [-0.25, -0.2) is 0 Å². The number of hydrogen-bond donors (Lipinski definition) is 1. The highest BCUT2D eigenvalue weighted by molar-refractivity contribution is 5.83. The lowest BCUT2D eigenvalue weighted by atomic mass is 10.0. The summed E-state index contributed by atoms with van der Waals surface area (Å²) in [6.07, 6.45) is 2.21. The fraction of sp³-hybridized carbons (Fsp3) is 0.435. The first kappa shape index (κ1) is 18.8. The molecule has 1 aliphatic carbocycles. The van der Waals surface area contributed by atoms with E-state index < -0.39 is 0 Å². The Bertz CT molecular complexity index is 783. The lowest BCUT2D eigenvalue weighted by Gasteiger charge is -2.40. The van der Waals surface area contributed by atoms with Crippen LogP contribution in [0.5, 0.6) is 5.75 Å². The third kappa shape index (κ3) is 4.30. The first-order valence-corrected chi connectivity index (χ1v) is 10.3. The molecule has 4 rings (SSSR count). The van der Waals surface area contributed by atoms with Crippen molar-refractivity contribution in [1.82, 2.24) is 10.2 Å². The second-order valence-corrected chi connectivity index (χ2v) is 7.52. The highest BCUT2D eigenvalue weighted by Gasteiger charge is 2.34. The molecule has 1 amide bonds. The summed E-state index contributed by atoms with van der Waals surface area (Å²) in [6.45, 7) is 6.12. The Hall–Kier alpha value is -2.53. The molecule has 2 aromatic carbocycles. The van der Waals surface area contributed by atoms with Crippen molar-refractivity contribution < 1.29 is 9.53 Å². The van der Waals surface area contributed by atoms with Gasteiger partial charge in [0.1, 0.15) is 11.8 Å². The molecular formula is C23H29N3O2. The van der Waals surface area contributed by atoms with Crippen LogP contribution in [0.25, 0.3) is 0 Å². The Morgan fingerprint density at radius 2 is 1.71 bits per heavy atom. The molecule has 28 heavy (non-hydrogen) atoms. The Labute approximate surface area is 167 Å². The summed E-state index contributed by atoms with van der Waals surface area (Å²) in [6, 6.07) is 18.5. The van der Waals surface area contributed by atoms with Crippen LogP contribution >= 0.6 is 0 Å². The van der Waals surface area contributed by atoms with Crippen molar-refractivity contribution in [3.63, 3.8) is 0 Å². The number of ether oxygens (including phenoxy) is 1. The molecule has 1 heterocycles. The van der Waals surface area contributed by atoms with Crippen LogP contribution in [0.4, 0.5) is 5.69 Å². The largest absolute Gasteiger partial charge is 0.492 e. The first-order valence-electron chi connectivity index (χ1n) is 10.3. The zero-order valence-electron chi connectivity index (χ0n) is 16.5. The van der Waals surface area contributed by atoms with Gasteiger partial charge in [0.05, 0.1) is 12.3 Å². The SMILES string of the molecule is CCOc1ccccc1N1CCN([C@H](C(=O)NC2CC2)c2ccccc2)CC1. The van der Waals surface area contributed by atoms with Gasteiger partial charge in [-0.3, -0.25) is 9.69 Å². The van der Waals surface area contributed by atoms with Crippen molar-refractivity contribution in [2.24, 2.45) is 0 Å². The average Bonchev–Trinajstić information content (AvgIpc) is 3.54. The van der Waals surface area contributed by atoms with Gasteiger partial charge in [0.15, 0.2) is 0 Å². The lowest BCUT2D eigenvalue weighted by Crippen LogP contribution is -2.51. The van der Waals surface area contributed by atoms with E-state index in [-0.39, 0.29) is 11.9 Å². The van der Waals surface area contributed by atoms with E-state index in [1.54, 1.807) is 0 Å². The smallest absolute Gasteiger partial charge is 0.242 e. The lowest BCUT2D eigenvalue weighted by molar-refractivity contribution is -0.127. The topological polar surface area (TPSA) is 44.8 Å². The van der Waals surface area contributed by atoms with Gasteiger partial charge < -0.3 is 15.0 Å². The maximum atomic E-state index is 13.0. The number of amides is 1. The first-order chi connectivity index (χ1) is 13.8. The van der Waals surface area contributed by atoms with E-state index in [0.29, 0.717) is 12.6 Å². The van der Waals surface area contributed by atoms with Crippen molar-refractivity contribution in [3.8, 4) is 5.75 Å². The molecule has 2 aromatic rings. The summed E-state index contributed by atoms with van der Waals surface area (Å²) in [7, 11) is 0. The molecule has 1 aliphatic heterocycles. The van der Waals surface area contributed by atoms with Crippen LogP contribution in [0, 0.1) is 0 Å². The minimum absolute atomic E-state index is 0.136. The van der Waals surface area contributed by atoms with Gasteiger partial charge in [0.25, 0.3) is 0 Å². The Morgan fingerprint density at radius 3 is 2.39 bits per heavy atom. The monoisotopic (exact) mass is 379 g/mol. The van der Waals surface area contributed by atoms with Crippen LogP contribution in [0.15, 0.2) is 54.6 Å². The van der Waals surface area contributed by atoms with Crippen molar-refractivity contribution >= 4 is 11.6 Å². The minimum atomic E-state index is -0.217. The molecule has 0 spiro atoms. The molecule has 2 fully saturated rings. The number of hydrogen-bond acceptors (Lipinski definition) is 4. The quantitative estimate of drug-likeness (QED) is 0.802.